The summed E-state index contributed by atoms with van der Waals surface area (Å²) < 4.78 is 8.28. The molecule has 2 N–H and O–H groups in total. The van der Waals surface area contributed by atoms with Crippen molar-refractivity contribution in [2.75, 3.05) is 5.32 Å². The second kappa shape index (κ2) is 7.04. The summed E-state index contributed by atoms with van der Waals surface area (Å²) in [6.07, 6.45) is 6.22. The highest BCUT2D eigenvalue weighted by Gasteiger charge is 2.19. The van der Waals surface area contributed by atoms with Gasteiger partial charge in [-0.15, -0.1) is 0 Å². The molecule has 0 aliphatic rings. The maximum atomic E-state index is 12.3. The van der Waals surface area contributed by atoms with Crippen LogP contribution in [0.15, 0.2) is 41.4 Å². The number of nitrogens with one attached hydrogen (secondary N) is 2. The molecule has 2 amide bonds. The van der Waals surface area contributed by atoms with Crippen LogP contribution in [-0.4, -0.2) is 31.4 Å². The van der Waals surface area contributed by atoms with E-state index in [1.54, 1.807) is 36.3 Å². The molecular formula is C16H18N6O3. The van der Waals surface area contributed by atoms with Crippen molar-refractivity contribution in [2.24, 2.45) is 7.05 Å². The van der Waals surface area contributed by atoms with Crippen LogP contribution in [0.1, 0.15) is 33.5 Å². The number of carbonyl (C=O) groups is 2. The maximum Gasteiger partial charge on any atom is 0.274 e. The predicted molar refractivity (Wildman–Crippen MR) is 88.9 cm³/mol. The first-order chi connectivity index (χ1) is 12.1. The highest BCUT2D eigenvalue weighted by atomic mass is 16.3. The summed E-state index contributed by atoms with van der Waals surface area (Å²) in [6.45, 7) is 2.83. The van der Waals surface area contributed by atoms with Gasteiger partial charge in [0, 0.05) is 26.0 Å². The van der Waals surface area contributed by atoms with E-state index in [0.29, 0.717) is 23.6 Å². The number of aromatic nitrogens is 4. The van der Waals surface area contributed by atoms with Gasteiger partial charge in [-0.1, -0.05) is 0 Å². The average Bonchev–Trinajstić information content (AvgIpc) is 3.33. The van der Waals surface area contributed by atoms with Crippen LogP contribution in [0.3, 0.4) is 0 Å². The van der Waals surface area contributed by atoms with Crippen molar-refractivity contribution in [1.29, 1.82) is 0 Å². The number of rotatable bonds is 6. The number of anilines is 1. The minimum Gasteiger partial charge on any atom is -0.467 e. The van der Waals surface area contributed by atoms with Gasteiger partial charge in [-0.3, -0.25) is 19.0 Å². The zero-order valence-electron chi connectivity index (χ0n) is 13.9. The Balaban J connectivity index is 1.71. The maximum absolute atomic E-state index is 12.3. The van der Waals surface area contributed by atoms with Gasteiger partial charge < -0.3 is 15.1 Å². The Bertz CT molecular complexity index is 878. The van der Waals surface area contributed by atoms with E-state index in [9.17, 15) is 9.59 Å². The second-order valence-corrected chi connectivity index (χ2v) is 5.37. The number of nitrogens with zero attached hydrogens (tertiary/aromatic N) is 4. The van der Waals surface area contributed by atoms with Crippen LogP contribution < -0.4 is 10.6 Å². The molecule has 0 aliphatic carbocycles. The third-order valence-electron chi connectivity index (χ3n) is 3.51. The highest BCUT2D eigenvalue weighted by molar-refractivity contribution is 6.08. The average molecular weight is 342 g/mol. The van der Waals surface area contributed by atoms with Crippen molar-refractivity contribution in [3.8, 4) is 0 Å². The lowest BCUT2D eigenvalue weighted by Crippen LogP contribution is -2.25. The molecule has 3 aromatic heterocycles. The van der Waals surface area contributed by atoms with Crippen molar-refractivity contribution >= 4 is 17.5 Å². The van der Waals surface area contributed by atoms with E-state index in [1.807, 2.05) is 6.92 Å². The summed E-state index contributed by atoms with van der Waals surface area (Å²) in [7, 11) is 1.67. The van der Waals surface area contributed by atoms with Crippen molar-refractivity contribution in [1.82, 2.24) is 24.9 Å². The molecule has 3 heterocycles. The van der Waals surface area contributed by atoms with Crippen LogP contribution in [0.2, 0.25) is 0 Å². The number of furan rings is 1. The summed E-state index contributed by atoms with van der Waals surface area (Å²) in [4.78, 5) is 24.7. The molecule has 0 unspecified atom stereocenters. The first kappa shape index (κ1) is 16.5. The zero-order valence-corrected chi connectivity index (χ0v) is 13.9. The predicted octanol–water partition coefficient (Wildman–Crippen LogP) is 1.41. The van der Waals surface area contributed by atoms with E-state index in [2.05, 4.69) is 20.8 Å². The molecule has 0 fully saturated rings. The summed E-state index contributed by atoms with van der Waals surface area (Å²) in [5.74, 6) is -0.133. The molecule has 3 aromatic rings. The Morgan fingerprint density at radius 1 is 1.28 bits per heavy atom. The van der Waals surface area contributed by atoms with E-state index >= 15 is 0 Å². The fraction of sp³-hybridized carbons (Fsp3) is 0.250. The fourth-order valence-electron chi connectivity index (χ4n) is 2.26. The lowest BCUT2D eigenvalue weighted by atomic mass is 10.3. The van der Waals surface area contributed by atoms with Gasteiger partial charge in [0.2, 0.25) is 0 Å². The van der Waals surface area contributed by atoms with Crippen LogP contribution in [0, 0.1) is 0 Å². The van der Waals surface area contributed by atoms with E-state index in [-0.39, 0.29) is 18.1 Å². The monoisotopic (exact) mass is 342 g/mol. The minimum atomic E-state index is -0.406. The molecule has 130 valence electrons. The molecule has 0 aliphatic heterocycles. The van der Waals surface area contributed by atoms with Crippen LogP contribution in [-0.2, 0) is 20.1 Å². The van der Waals surface area contributed by atoms with Gasteiger partial charge in [-0.05, 0) is 19.1 Å². The van der Waals surface area contributed by atoms with Crippen LogP contribution in [0.25, 0.3) is 0 Å². The summed E-state index contributed by atoms with van der Waals surface area (Å²) in [6, 6.07) is 3.50. The third kappa shape index (κ3) is 3.77. The number of hydrogen-bond donors (Lipinski definition) is 2. The molecule has 0 atom stereocenters. The Morgan fingerprint density at radius 2 is 2.12 bits per heavy atom. The molecule has 0 spiro atoms. The Labute approximate surface area is 143 Å². The largest absolute Gasteiger partial charge is 0.467 e. The normalized spacial score (nSPS) is 10.6. The van der Waals surface area contributed by atoms with Crippen molar-refractivity contribution in [2.45, 2.75) is 20.0 Å². The van der Waals surface area contributed by atoms with Crippen LogP contribution in [0.5, 0.6) is 0 Å². The summed E-state index contributed by atoms with van der Waals surface area (Å²) in [5.41, 5.74) is 0.867. The SMILES string of the molecule is CCn1cc(C(=O)Nc2cn(C)nc2C(=O)NCc2ccco2)cn1. The van der Waals surface area contributed by atoms with E-state index in [0.717, 1.165) is 0 Å². The molecule has 0 saturated heterocycles. The van der Waals surface area contributed by atoms with Gasteiger partial charge >= 0.3 is 0 Å². The molecule has 0 bridgehead atoms. The molecule has 0 aromatic carbocycles. The number of amides is 2. The Kier molecular flexibility index (Phi) is 4.64. The van der Waals surface area contributed by atoms with Gasteiger partial charge in [-0.2, -0.15) is 10.2 Å². The van der Waals surface area contributed by atoms with Crippen LogP contribution >= 0.6 is 0 Å². The molecular weight excluding hydrogens is 324 g/mol. The Morgan fingerprint density at radius 3 is 2.80 bits per heavy atom. The van der Waals surface area contributed by atoms with Crippen molar-refractivity contribution in [3.05, 3.63) is 54.0 Å². The first-order valence-electron chi connectivity index (χ1n) is 7.75. The molecule has 9 nitrogen and oxygen atoms in total. The summed E-state index contributed by atoms with van der Waals surface area (Å²) in [5, 5.41) is 13.6. The smallest absolute Gasteiger partial charge is 0.274 e. The van der Waals surface area contributed by atoms with Gasteiger partial charge in [0.15, 0.2) is 5.69 Å². The standard InChI is InChI=1S/C16H18N6O3/c1-3-22-9-11(7-18-22)15(23)19-13-10-21(2)20-14(13)16(24)17-8-12-5-4-6-25-12/h4-7,9-10H,3,8H2,1-2H3,(H,17,24)(H,19,23). The number of hydrogen-bond acceptors (Lipinski definition) is 5. The molecule has 0 radical (unpaired) electrons. The van der Waals surface area contributed by atoms with E-state index < -0.39 is 5.91 Å². The summed E-state index contributed by atoms with van der Waals surface area (Å²) >= 11 is 0. The fourth-order valence-corrected chi connectivity index (χ4v) is 2.26. The zero-order chi connectivity index (χ0) is 17.8. The lowest BCUT2D eigenvalue weighted by molar-refractivity contribution is 0.0943. The number of carbonyl (C=O) groups excluding carboxylic acids is 2. The quantitative estimate of drug-likeness (QED) is 0.704. The van der Waals surface area contributed by atoms with E-state index in [4.69, 9.17) is 4.42 Å². The van der Waals surface area contributed by atoms with Crippen molar-refractivity contribution < 1.29 is 14.0 Å². The van der Waals surface area contributed by atoms with Gasteiger partial charge in [-0.25, -0.2) is 0 Å². The topological polar surface area (TPSA) is 107 Å². The third-order valence-corrected chi connectivity index (χ3v) is 3.51. The van der Waals surface area contributed by atoms with Gasteiger partial charge in [0.1, 0.15) is 5.76 Å². The Hall–Kier alpha value is -3.36. The molecule has 3 rings (SSSR count). The number of aryl methyl sites for hydroxylation is 2. The van der Waals surface area contributed by atoms with Gasteiger partial charge in [0.05, 0.1) is 30.3 Å². The second-order valence-electron chi connectivity index (χ2n) is 5.37. The molecule has 9 heteroatoms. The van der Waals surface area contributed by atoms with Crippen molar-refractivity contribution in [3.63, 3.8) is 0 Å². The van der Waals surface area contributed by atoms with Crippen LogP contribution in [0.4, 0.5) is 5.69 Å². The highest BCUT2D eigenvalue weighted by Crippen LogP contribution is 2.15. The lowest BCUT2D eigenvalue weighted by Gasteiger charge is -2.04. The minimum absolute atomic E-state index is 0.130. The first-order valence-corrected chi connectivity index (χ1v) is 7.75. The van der Waals surface area contributed by atoms with E-state index in [1.165, 1.54) is 17.1 Å². The molecule has 25 heavy (non-hydrogen) atoms. The molecule has 0 saturated carbocycles. The van der Waals surface area contributed by atoms with Gasteiger partial charge in [0.25, 0.3) is 11.8 Å².